The number of fused-ring (bicyclic) bond motifs is 1. The van der Waals surface area contributed by atoms with Gasteiger partial charge in [0.15, 0.2) is 16.4 Å². The van der Waals surface area contributed by atoms with Crippen LogP contribution in [0.5, 0.6) is 5.75 Å². The summed E-state index contributed by atoms with van der Waals surface area (Å²) < 4.78 is 28.0. The Morgan fingerprint density at radius 3 is 2.68 bits per heavy atom. The van der Waals surface area contributed by atoms with Crippen molar-refractivity contribution < 1.29 is 22.7 Å². The number of hydrogen-bond acceptors (Lipinski definition) is 5. The molecule has 0 radical (unpaired) electrons. The van der Waals surface area contributed by atoms with Crippen molar-refractivity contribution in [2.24, 2.45) is 0 Å². The Hall–Kier alpha value is -2.09. The van der Waals surface area contributed by atoms with Crippen molar-refractivity contribution in [1.29, 1.82) is 0 Å². The number of hydrogen-bond donors (Lipinski definition) is 2. The molecular weight excluding hydrogens is 308 g/mol. The van der Waals surface area contributed by atoms with Gasteiger partial charge in [0.25, 0.3) is 5.91 Å². The summed E-state index contributed by atoms with van der Waals surface area (Å²) in [5, 5.41) is 4.22. The molecule has 2 amide bonds. The van der Waals surface area contributed by atoms with E-state index in [0.29, 0.717) is 11.4 Å². The highest BCUT2D eigenvalue weighted by Crippen LogP contribution is 2.30. The molecule has 1 aromatic rings. The topological polar surface area (TPSA) is 102 Å². The summed E-state index contributed by atoms with van der Waals surface area (Å²) in [7, 11) is -3.44. The fourth-order valence-corrected chi connectivity index (χ4v) is 2.44. The Balaban J connectivity index is 2.13. The molecule has 0 saturated carbocycles. The molecule has 1 aromatic carbocycles. The lowest BCUT2D eigenvalue weighted by Gasteiger charge is -2.21. The van der Waals surface area contributed by atoms with Crippen LogP contribution in [0.25, 0.3) is 0 Å². The van der Waals surface area contributed by atoms with Gasteiger partial charge >= 0.3 is 0 Å². The Labute approximate surface area is 129 Å². The lowest BCUT2D eigenvalue weighted by Crippen LogP contribution is -2.38. The largest absolute Gasteiger partial charge is 0.482 e. The van der Waals surface area contributed by atoms with E-state index in [-0.39, 0.29) is 12.5 Å². The van der Waals surface area contributed by atoms with Crippen molar-refractivity contribution >= 4 is 27.3 Å². The maximum absolute atomic E-state index is 11.9. The summed E-state index contributed by atoms with van der Waals surface area (Å²) in [6.45, 7) is 3.06. The number of rotatable bonds is 4. The fraction of sp³-hybridized carbons (Fsp3) is 0.429. The third kappa shape index (κ3) is 3.56. The van der Waals surface area contributed by atoms with Crippen molar-refractivity contribution in [2.75, 3.05) is 18.2 Å². The minimum Gasteiger partial charge on any atom is -0.482 e. The van der Waals surface area contributed by atoms with Gasteiger partial charge in [0.05, 0.1) is 11.7 Å². The molecule has 7 nitrogen and oxygen atoms in total. The van der Waals surface area contributed by atoms with Crippen LogP contribution in [0.2, 0.25) is 0 Å². The third-order valence-electron chi connectivity index (χ3n) is 3.51. The van der Waals surface area contributed by atoms with Gasteiger partial charge in [-0.2, -0.15) is 0 Å². The summed E-state index contributed by atoms with van der Waals surface area (Å²) in [6, 6.07) is 4.75. The molecule has 22 heavy (non-hydrogen) atoms. The van der Waals surface area contributed by atoms with E-state index in [2.05, 4.69) is 10.6 Å². The lowest BCUT2D eigenvalue weighted by molar-refractivity contribution is -0.121. The van der Waals surface area contributed by atoms with E-state index in [1.54, 1.807) is 25.1 Å². The Kier molecular flexibility index (Phi) is 4.41. The Morgan fingerprint density at radius 2 is 2.05 bits per heavy atom. The predicted molar refractivity (Wildman–Crippen MR) is 81.4 cm³/mol. The summed E-state index contributed by atoms with van der Waals surface area (Å²) in [4.78, 5) is 23.2. The molecule has 1 heterocycles. The van der Waals surface area contributed by atoms with Gasteiger partial charge in [-0.1, -0.05) is 6.07 Å². The molecule has 1 aliphatic heterocycles. The first-order valence-electron chi connectivity index (χ1n) is 6.74. The van der Waals surface area contributed by atoms with Gasteiger partial charge < -0.3 is 15.4 Å². The summed E-state index contributed by atoms with van der Waals surface area (Å²) in [5.74, 6) is -0.244. The lowest BCUT2D eigenvalue weighted by atomic mass is 10.1. The first kappa shape index (κ1) is 16.3. The van der Waals surface area contributed by atoms with Crippen LogP contribution in [0.15, 0.2) is 18.2 Å². The minimum atomic E-state index is -3.44. The number of sulfone groups is 1. The Bertz CT molecular complexity index is 714. The molecule has 2 unspecified atom stereocenters. The van der Waals surface area contributed by atoms with Crippen LogP contribution in [-0.4, -0.2) is 38.3 Å². The molecule has 8 heteroatoms. The maximum Gasteiger partial charge on any atom is 0.262 e. The highest BCUT2D eigenvalue weighted by Gasteiger charge is 2.25. The number of nitrogens with one attached hydrogen (secondary N) is 2. The third-order valence-corrected chi connectivity index (χ3v) is 5.01. The van der Waals surface area contributed by atoms with E-state index in [1.165, 1.54) is 6.92 Å². The van der Waals surface area contributed by atoms with E-state index in [4.69, 9.17) is 4.74 Å². The van der Waals surface area contributed by atoms with Gasteiger partial charge in [-0.25, -0.2) is 8.42 Å². The highest BCUT2D eigenvalue weighted by atomic mass is 32.2. The number of anilines is 1. The quantitative estimate of drug-likeness (QED) is 0.845. The zero-order valence-electron chi connectivity index (χ0n) is 12.5. The number of amides is 2. The maximum atomic E-state index is 11.9. The zero-order chi connectivity index (χ0) is 16.5. The summed E-state index contributed by atoms with van der Waals surface area (Å²) >= 11 is 0. The first-order valence-corrected chi connectivity index (χ1v) is 8.70. The summed E-state index contributed by atoms with van der Waals surface area (Å²) in [6.07, 6.45) is 1.02. The fourth-order valence-electron chi connectivity index (χ4n) is 1.98. The van der Waals surface area contributed by atoms with Crippen molar-refractivity contribution in [3.8, 4) is 5.75 Å². The Morgan fingerprint density at radius 1 is 1.36 bits per heavy atom. The molecule has 2 rings (SSSR count). The molecular formula is C14H18N2O5S. The second-order valence-electron chi connectivity index (χ2n) is 5.29. The molecule has 0 saturated heterocycles. The van der Waals surface area contributed by atoms with E-state index in [1.807, 2.05) is 0 Å². The molecule has 0 aliphatic carbocycles. The van der Waals surface area contributed by atoms with Crippen molar-refractivity contribution in [3.63, 3.8) is 0 Å². The second kappa shape index (κ2) is 5.96. The molecule has 0 fully saturated rings. The van der Waals surface area contributed by atoms with Crippen LogP contribution in [0.4, 0.5) is 5.69 Å². The van der Waals surface area contributed by atoms with Gasteiger partial charge in [0, 0.05) is 6.26 Å². The van der Waals surface area contributed by atoms with Gasteiger partial charge in [-0.05, 0) is 31.5 Å². The van der Waals surface area contributed by atoms with E-state index >= 15 is 0 Å². The summed E-state index contributed by atoms with van der Waals surface area (Å²) in [5.41, 5.74) is 1.27. The minimum absolute atomic E-state index is 0.0233. The predicted octanol–water partition coefficient (Wildman–Crippen LogP) is 0.628. The van der Waals surface area contributed by atoms with Crippen molar-refractivity contribution in [1.82, 2.24) is 5.32 Å². The van der Waals surface area contributed by atoms with Gasteiger partial charge in [0.1, 0.15) is 11.0 Å². The van der Waals surface area contributed by atoms with Crippen LogP contribution in [0, 0.1) is 0 Å². The number of ether oxygens (including phenoxy) is 1. The van der Waals surface area contributed by atoms with Gasteiger partial charge in [-0.3, -0.25) is 9.59 Å². The van der Waals surface area contributed by atoms with E-state index in [0.717, 1.165) is 11.8 Å². The van der Waals surface area contributed by atoms with Gasteiger partial charge in [-0.15, -0.1) is 0 Å². The van der Waals surface area contributed by atoms with Crippen LogP contribution in [-0.2, 0) is 19.4 Å². The molecule has 2 atom stereocenters. The molecule has 120 valence electrons. The standard InChI is InChI=1S/C14H18N2O5S/c1-8(15-14(18)9(2)22(3,19)20)10-4-5-12-11(6-10)16-13(17)7-21-12/h4-6,8-9H,7H2,1-3H3,(H,15,18)(H,16,17). The normalized spacial score (nSPS) is 16.8. The molecule has 1 aliphatic rings. The van der Waals surface area contributed by atoms with E-state index in [9.17, 15) is 18.0 Å². The number of carbonyl (C=O) groups excluding carboxylic acids is 2. The molecule has 0 bridgehead atoms. The second-order valence-corrected chi connectivity index (χ2v) is 7.66. The monoisotopic (exact) mass is 326 g/mol. The van der Waals surface area contributed by atoms with Crippen LogP contribution >= 0.6 is 0 Å². The number of benzene rings is 1. The van der Waals surface area contributed by atoms with E-state index < -0.39 is 27.0 Å². The van der Waals surface area contributed by atoms with Crippen LogP contribution < -0.4 is 15.4 Å². The SMILES string of the molecule is CC(NC(=O)C(C)S(C)(=O)=O)c1ccc2c(c1)NC(=O)CO2. The average molecular weight is 326 g/mol. The first-order chi connectivity index (χ1) is 10.2. The molecule has 2 N–H and O–H groups in total. The number of carbonyl (C=O) groups is 2. The van der Waals surface area contributed by atoms with Crippen LogP contribution in [0.3, 0.4) is 0 Å². The average Bonchev–Trinajstić information content (AvgIpc) is 2.44. The van der Waals surface area contributed by atoms with Crippen LogP contribution in [0.1, 0.15) is 25.5 Å². The van der Waals surface area contributed by atoms with Crippen molar-refractivity contribution in [3.05, 3.63) is 23.8 Å². The van der Waals surface area contributed by atoms with Gasteiger partial charge in [0.2, 0.25) is 5.91 Å². The zero-order valence-corrected chi connectivity index (χ0v) is 13.4. The molecule has 0 spiro atoms. The van der Waals surface area contributed by atoms with Crippen molar-refractivity contribution in [2.45, 2.75) is 25.1 Å². The molecule has 0 aromatic heterocycles. The highest BCUT2D eigenvalue weighted by molar-refractivity contribution is 7.92. The smallest absolute Gasteiger partial charge is 0.262 e.